The Balaban J connectivity index is 1.50. The molecule has 0 radical (unpaired) electrons. The number of benzene rings is 3. The second-order valence-electron chi connectivity index (χ2n) is 34.5. The molecule has 52 nitrogen and oxygen atoms in total. The number of phenolic OH excluding ortho intramolecular Hbond substituents is 1. The molecule has 1 aliphatic heterocycles. The molecule has 786 valence electrons. The van der Waals surface area contributed by atoms with Crippen LogP contribution in [-0.4, -0.2) is 305 Å². The molecule has 17 amide bonds. The Kier molecular flexibility index (Phi) is 50.1. The zero-order valence-electron chi connectivity index (χ0n) is 80.3. The lowest BCUT2D eigenvalue weighted by Crippen LogP contribution is -2.61. The number of imide groups is 1. The maximum atomic E-state index is 15.2. The minimum Gasteiger partial charge on any atom is -0.508 e. The maximum absolute atomic E-state index is 15.2. The van der Waals surface area contributed by atoms with E-state index in [-0.39, 0.29) is 110 Å². The SMILES string of the molecule is CC[C@H](C)[C@H](NC(=O)[C@H](CCC(=O)O)NC(=O)[C@H](CCC(=O)O)NC(=O)[C@H](CCC(=O)O)NC(=O)[C@H](C)N)C(=O)N[C@@H](Cc1ccc(O)cc1)C(=O)NCC(=O)N[C@@H](CCC(=O)O)C(=O)N[C@@H](Cc1cn(-c2ccc3c4c(cccc24)C(=O)N(CC)C3=O)nn1)C(=O)N[C@@H](CCC(=O)O)C(=O)N[C@@H](C)C(=O)N[C@@H](CCCCN)C(=O)N[C@@H](CCCCN)C(=O)N[C@@H](CCCCN)C(=O)N[C@@H](CCCCN)C(N)=O. The highest BCUT2D eigenvalue weighted by molar-refractivity contribution is 6.26. The van der Waals surface area contributed by atoms with Gasteiger partial charge in [-0.15, -0.1) is 5.10 Å². The number of hydrogen-bond acceptors (Lipinski definition) is 30. The van der Waals surface area contributed by atoms with Crippen LogP contribution in [0.3, 0.4) is 0 Å². The quantitative estimate of drug-likeness (QED) is 0.0145. The third kappa shape index (κ3) is 39.3. The molecule has 0 aliphatic carbocycles. The average Bonchev–Trinajstić information content (AvgIpc) is 1.61. The van der Waals surface area contributed by atoms with Crippen LogP contribution in [0.1, 0.15) is 214 Å². The van der Waals surface area contributed by atoms with Crippen LogP contribution in [0, 0.1) is 5.92 Å². The Morgan fingerprint density at radius 3 is 1.15 bits per heavy atom. The van der Waals surface area contributed by atoms with Crippen LogP contribution in [0.25, 0.3) is 16.5 Å². The topological polar surface area (TPSA) is 855 Å². The van der Waals surface area contributed by atoms with Crippen molar-refractivity contribution in [3.63, 3.8) is 0 Å². The monoisotopic (exact) mass is 2010 g/mol. The normalized spacial score (nSPS) is 14.7. The maximum Gasteiger partial charge on any atom is 0.303 e. The van der Waals surface area contributed by atoms with E-state index in [1.54, 1.807) is 26.0 Å². The van der Waals surface area contributed by atoms with Crippen LogP contribution in [0.2, 0.25) is 0 Å². The molecule has 52 heteroatoms. The lowest BCUT2D eigenvalue weighted by molar-refractivity contribution is -0.140. The summed E-state index contributed by atoms with van der Waals surface area (Å²) in [5.41, 5.74) is 35.0. The average molecular weight is 2010 g/mol. The van der Waals surface area contributed by atoms with Crippen molar-refractivity contribution in [2.75, 3.05) is 39.3 Å². The molecule has 4 aromatic rings. The van der Waals surface area contributed by atoms with Gasteiger partial charge in [-0.25, -0.2) is 4.68 Å². The number of amides is 17. The summed E-state index contributed by atoms with van der Waals surface area (Å²) >= 11 is 0. The number of carboxylic acids is 5. The Hall–Kier alpha value is -14.8. The number of carbonyl (C=O) groups excluding carboxylic acids is 17. The first-order valence-electron chi connectivity index (χ1n) is 47.1. The number of phenols is 1. The first-order chi connectivity index (χ1) is 67.8. The lowest BCUT2D eigenvalue weighted by atomic mass is 9.93. The number of carboxylic acid groups (broad SMARTS) is 5. The van der Waals surface area contributed by atoms with Gasteiger partial charge in [-0.2, -0.15) is 0 Å². The van der Waals surface area contributed by atoms with Crippen molar-refractivity contribution in [3.05, 3.63) is 83.2 Å². The number of rotatable bonds is 68. The van der Waals surface area contributed by atoms with Crippen molar-refractivity contribution in [2.45, 2.75) is 280 Å². The van der Waals surface area contributed by atoms with Gasteiger partial charge in [0.1, 0.15) is 84.3 Å². The van der Waals surface area contributed by atoms with Gasteiger partial charge in [-0.3, -0.25) is 110 Å². The second-order valence-corrected chi connectivity index (χ2v) is 34.5. The van der Waals surface area contributed by atoms with Crippen LogP contribution in [0.4, 0.5) is 0 Å². The number of unbranched alkanes of at least 4 members (excludes halogenated alkanes) is 4. The minimum absolute atomic E-state index is 0.0380. The molecule has 2 heterocycles. The minimum atomic E-state index is -2.02. The number of nitrogens with one attached hydrogen (secondary N) is 14. The van der Waals surface area contributed by atoms with E-state index >= 15 is 4.79 Å². The lowest BCUT2D eigenvalue weighted by Gasteiger charge is -2.29. The predicted molar refractivity (Wildman–Crippen MR) is 507 cm³/mol. The van der Waals surface area contributed by atoms with Crippen LogP contribution in [0.5, 0.6) is 5.75 Å². The molecule has 0 saturated heterocycles. The fourth-order valence-corrected chi connectivity index (χ4v) is 15.0. The van der Waals surface area contributed by atoms with Gasteiger partial charge in [-0.1, -0.05) is 49.7 Å². The van der Waals surface area contributed by atoms with Crippen LogP contribution in [-0.2, 0) is 109 Å². The summed E-state index contributed by atoms with van der Waals surface area (Å²) in [5, 5.41) is 102. The summed E-state index contributed by atoms with van der Waals surface area (Å²) in [7, 11) is 0. The Morgan fingerprint density at radius 2 is 0.741 bits per heavy atom. The molecule has 1 aliphatic rings. The number of hydrogen-bond donors (Lipinski definition) is 26. The van der Waals surface area contributed by atoms with E-state index in [4.69, 9.17) is 34.4 Å². The zero-order valence-corrected chi connectivity index (χ0v) is 80.3. The molecule has 5 rings (SSSR count). The third-order valence-corrected chi connectivity index (χ3v) is 23.3. The molecular weight excluding hydrogens is 1880 g/mol. The van der Waals surface area contributed by atoms with Gasteiger partial charge in [-0.05, 0) is 198 Å². The largest absolute Gasteiger partial charge is 0.508 e. The molecule has 32 N–H and O–H groups in total. The second kappa shape index (κ2) is 60.4. The van der Waals surface area contributed by atoms with E-state index in [9.17, 15) is 131 Å². The number of aliphatic carboxylic acids is 5. The van der Waals surface area contributed by atoms with Crippen molar-refractivity contribution >= 4 is 141 Å². The zero-order chi connectivity index (χ0) is 106. The van der Waals surface area contributed by atoms with E-state index < -0.39 is 304 Å². The molecule has 15 atom stereocenters. The van der Waals surface area contributed by atoms with Crippen molar-refractivity contribution < 1.29 is 136 Å². The number of aromatic nitrogens is 3. The van der Waals surface area contributed by atoms with Crippen LogP contribution >= 0.6 is 0 Å². The smallest absolute Gasteiger partial charge is 0.303 e. The fourth-order valence-electron chi connectivity index (χ4n) is 15.0. The molecule has 1 aromatic heterocycles. The van der Waals surface area contributed by atoms with Gasteiger partial charge in [0.05, 0.1) is 30.2 Å². The molecule has 0 fully saturated rings. The third-order valence-electron chi connectivity index (χ3n) is 23.3. The molecule has 143 heavy (non-hydrogen) atoms. The van der Waals surface area contributed by atoms with E-state index in [1.165, 1.54) is 67.2 Å². The van der Waals surface area contributed by atoms with E-state index in [1.807, 2.05) is 0 Å². The standard InChI is InChI=1S/C91H134N24O28/c1-6-47(3)75(111-87(139)64(32-38-73(126)127)107-86(138)63(31-37-72(124)125)106-85(137)62(30-36-71(122)123)102-77(129)48(4)96)89(141)110-65(43-50-23-25-52(116)26-24-50)79(131)98-45-68(117)100-60(28-34-69(118)119)84(136)109-66(44-51-46-115(113-112-51)67-33-27-55-74-53(67)17-16-18-54(74)90(142)114(7-2)91(55)143)88(140)108-61(29-35-70(120)121)80(132)99-49(5)78(130)103-57(20-9-13-40-93)82(134)105-59(22-11-15-42-95)83(135)104-58(21-10-14-41-94)81(133)101-56(76(97)128)19-8-12-39-92/h16-18,23-27,33,46-49,56-66,75,116H,6-15,19-22,28-32,34-45,92-96H2,1-5H3,(H2,97,128)(H,98,131)(H,99,132)(H,100,117)(H,101,133)(H,102,129)(H,103,130)(H,104,135)(H,105,134)(H,106,137)(H,107,138)(H,108,140)(H,109,136)(H,110,141)(H,111,139)(H,118,119)(H,120,121)(H,122,123)(H,124,125)(H,126,127)/t47-,48-,49-,56-,57-,58-,59-,60-,61-,62-,63-,64-,65-,66-,75-/m0/s1. The summed E-state index contributed by atoms with van der Waals surface area (Å²) in [6.07, 6.45) is -4.58. The van der Waals surface area contributed by atoms with Crippen molar-refractivity contribution in [2.24, 2.45) is 40.3 Å². The van der Waals surface area contributed by atoms with Crippen LogP contribution < -0.4 is 109 Å². The molecular formula is C91H134N24O28. The number of primary amides is 1. The van der Waals surface area contributed by atoms with Crippen LogP contribution in [0.15, 0.2) is 60.8 Å². The summed E-state index contributed by atoms with van der Waals surface area (Å²) in [5.74, 6) is -26.3. The highest BCUT2D eigenvalue weighted by Gasteiger charge is 2.41. The van der Waals surface area contributed by atoms with Gasteiger partial charge >= 0.3 is 29.8 Å². The van der Waals surface area contributed by atoms with Gasteiger partial charge in [0.15, 0.2) is 0 Å². The van der Waals surface area contributed by atoms with Gasteiger partial charge < -0.3 is 139 Å². The summed E-state index contributed by atoms with van der Waals surface area (Å²) < 4.78 is 1.19. The number of nitrogens with zero attached hydrogens (tertiary/aromatic N) is 4. The first-order valence-corrected chi connectivity index (χ1v) is 47.1. The molecule has 0 spiro atoms. The summed E-state index contributed by atoms with van der Waals surface area (Å²) in [4.78, 5) is 302. The van der Waals surface area contributed by atoms with E-state index in [0.717, 1.165) is 11.8 Å². The highest BCUT2D eigenvalue weighted by atomic mass is 16.4. The Bertz CT molecular complexity index is 5130. The molecule has 3 aromatic carbocycles. The Labute approximate surface area is 821 Å². The van der Waals surface area contributed by atoms with Crippen molar-refractivity contribution in [3.8, 4) is 11.4 Å². The Morgan fingerprint density at radius 1 is 0.385 bits per heavy atom. The fraction of sp³-hybridized carbons (Fsp3) is 0.560. The van der Waals surface area contributed by atoms with Gasteiger partial charge in [0.2, 0.25) is 88.6 Å². The summed E-state index contributed by atoms with van der Waals surface area (Å²) in [6.45, 7) is 6.83. The van der Waals surface area contributed by atoms with E-state index in [2.05, 4.69) is 84.7 Å². The van der Waals surface area contributed by atoms with E-state index in [0.29, 0.717) is 50.5 Å². The van der Waals surface area contributed by atoms with Gasteiger partial charge in [0.25, 0.3) is 11.8 Å². The number of nitrogens with two attached hydrogens (primary N) is 6. The van der Waals surface area contributed by atoms with Gasteiger partial charge in [0, 0.05) is 73.4 Å². The molecule has 0 saturated carbocycles. The predicted octanol–water partition coefficient (Wildman–Crippen LogP) is -5.32. The van der Waals surface area contributed by atoms with Crippen molar-refractivity contribution in [1.29, 1.82) is 0 Å². The number of carbonyl (C=O) groups is 22. The number of aromatic hydroxyl groups is 1. The molecule has 0 unspecified atom stereocenters. The highest BCUT2D eigenvalue weighted by Crippen LogP contribution is 2.34. The molecule has 0 bridgehead atoms. The van der Waals surface area contributed by atoms with Crippen molar-refractivity contribution in [1.82, 2.24) is 94.3 Å². The first kappa shape index (κ1) is 119. The summed E-state index contributed by atoms with van der Waals surface area (Å²) in [6, 6.07) is -10.3.